The van der Waals surface area contributed by atoms with Crippen LogP contribution in [0.4, 0.5) is 0 Å². The third kappa shape index (κ3) is 6.12. The molecule has 0 aliphatic heterocycles. The van der Waals surface area contributed by atoms with Crippen LogP contribution in [0.15, 0.2) is 0 Å². The molecule has 2 N–H and O–H groups in total. The summed E-state index contributed by atoms with van der Waals surface area (Å²) in [5.41, 5.74) is 0. The molecule has 4 nitrogen and oxygen atoms in total. The minimum Gasteiger partial charge on any atom is -0.300 e. The maximum Gasteiger partial charge on any atom is 0.209 e. The molecule has 0 atom stereocenters. The van der Waals surface area contributed by atoms with Crippen LogP contribution >= 0.6 is 0 Å². The van der Waals surface area contributed by atoms with Gasteiger partial charge in [-0.05, 0) is 31.7 Å². The Morgan fingerprint density at radius 3 is 2.40 bits per heavy atom. The molecule has 0 heterocycles. The number of nitrogens with zero attached hydrogens (tertiary/aromatic N) is 1. The van der Waals surface area contributed by atoms with E-state index in [0.717, 1.165) is 13.1 Å². The molecule has 0 bridgehead atoms. The molecule has 1 aliphatic carbocycles. The number of rotatable bonds is 7. The standard InChI is InChI=1S/C10H22N2O2S/c1-9(2)8-12(10-4-5-10)6-3-7-15(11,13)14/h9-10H,3-8H2,1-2H3,(H2,11,13,14). The van der Waals surface area contributed by atoms with E-state index in [4.69, 9.17) is 5.14 Å². The molecule has 0 unspecified atom stereocenters. The van der Waals surface area contributed by atoms with Crippen molar-refractivity contribution in [1.29, 1.82) is 0 Å². The Labute approximate surface area is 92.9 Å². The smallest absolute Gasteiger partial charge is 0.209 e. The van der Waals surface area contributed by atoms with Crippen LogP contribution in [-0.4, -0.2) is 38.2 Å². The average Bonchev–Trinajstić information content (AvgIpc) is 2.81. The van der Waals surface area contributed by atoms with Gasteiger partial charge in [0.05, 0.1) is 5.75 Å². The van der Waals surface area contributed by atoms with Crippen LogP contribution in [0.25, 0.3) is 0 Å². The summed E-state index contributed by atoms with van der Waals surface area (Å²) in [5, 5.41) is 4.97. The summed E-state index contributed by atoms with van der Waals surface area (Å²) < 4.78 is 21.6. The molecular formula is C10H22N2O2S. The largest absolute Gasteiger partial charge is 0.300 e. The van der Waals surface area contributed by atoms with Crippen LogP contribution in [0.2, 0.25) is 0 Å². The summed E-state index contributed by atoms with van der Waals surface area (Å²) in [6.45, 7) is 6.30. The van der Waals surface area contributed by atoms with Gasteiger partial charge in [0, 0.05) is 12.6 Å². The quantitative estimate of drug-likeness (QED) is 0.708. The van der Waals surface area contributed by atoms with Crippen molar-refractivity contribution in [1.82, 2.24) is 4.90 Å². The second-order valence-corrected chi connectivity index (χ2v) is 6.57. The van der Waals surface area contributed by atoms with Crippen LogP contribution in [0, 0.1) is 5.92 Å². The highest BCUT2D eigenvalue weighted by molar-refractivity contribution is 7.89. The molecule has 1 aliphatic rings. The average molecular weight is 234 g/mol. The zero-order valence-electron chi connectivity index (χ0n) is 9.65. The molecule has 5 heteroatoms. The van der Waals surface area contributed by atoms with Gasteiger partial charge in [0.15, 0.2) is 0 Å². The van der Waals surface area contributed by atoms with Gasteiger partial charge >= 0.3 is 0 Å². The van der Waals surface area contributed by atoms with E-state index in [-0.39, 0.29) is 5.75 Å². The zero-order valence-corrected chi connectivity index (χ0v) is 10.5. The molecule has 0 aromatic heterocycles. The first kappa shape index (κ1) is 12.9. The Kier molecular flexibility index (Phi) is 4.55. The third-order valence-corrected chi connectivity index (χ3v) is 3.39. The van der Waals surface area contributed by atoms with Gasteiger partial charge in [0.1, 0.15) is 0 Å². The minimum atomic E-state index is -3.28. The van der Waals surface area contributed by atoms with Crippen molar-refractivity contribution in [2.75, 3.05) is 18.8 Å². The van der Waals surface area contributed by atoms with Gasteiger partial charge < -0.3 is 4.90 Å². The number of hydrogen-bond donors (Lipinski definition) is 1. The summed E-state index contributed by atoms with van der Waals surface area (Å²) in [7, 11) is -3.28. The van der Waals surface area contributed by atoms with Crippen LogP contribution in [0.5, 0.6) is 0 Å². The van der Waals surface area contributed by atoms with Crippen molar-refractivity contribution in [3.8, 4) is 0 Å². The molecule has 15 heavy (non-hydrogen) atoms. The fraction of sp³-hybridized carbons (Fsp3) is 1.00. The van der Waals surface area contributed by atoms with Crippen LogP contribution in [0.1, 0.15) is 33.1 Å². The van der Waals surface area contributed by atoms with Crippen molar-refractivity contribution in [2.24, 2.45) is 11.1 Å². The number of primary sulfonamides is 1. The Bertz CT molecular complexity index is 284. The lowest BCUT2D eigenvalue weighted by Gasteiger charge is -2.23. The predicted molar refractivity (Wildman–Crippen MR) is 62.0 cm³/mol. The Morgan fingerprint density at radius 1 is 1.40 bits per heavy atom. The van der Waals surface area contributed by atoms with E-state index < -0.39 is 10.0 Å². The van der Waals surface area contributed by atoms with Gasteiger partial charge in [0.25, 0.3) is 0 Å². The van der Waals surface area contributed by atoms with Crippen LogP contribution in [-0.2, 0) is 10.0 Å². The van der Waals surface area contributed by atoms with Crippen LogP contribution < -0.4 is 5.14 Å². The Morgan fingerprint density at radius 2 is 2.00 bits per heavy atom. The maximum atomic E-state index is 10.8. The highest BCUT2D eigenvalue weighted by Gasteiger charge is 2.28. The Hall–Kier alpha value is -0.130. The summed E-state index contributed by atoms with van der Waals surface area (Å²) >= 11 is 0. The first-order chi connectivity index (χ1) is 6.88. The highest BCUT2D eigenvalue weighted by atomic mass is 32.2. The van der Waals surface area contributed by atoms with Crippen molar-refractivity contribution in [3.05, 3.63) is 0 Å². The first-order valence-electron chi connectivity index (χ1n) is 5.63. The zero-order chi connectivity index (χ0) is 11.5. The first-order valence-corrected chi connectivity index (χ1v) is 7.34. The van der Waals surface area contributed by atoms with E-state index in [9.17, 15) is 8.42 Å². The fourth-order valence-electron chi connectivity index (χ4n) is 1.80. The monoisotopic (exact) mass is 234 g/mol. The molecule has 1 rings (SSSR count). The lowest BCUT2D eigenvalue weighted by Crippen LogP contribution is -2.32. The molecule has 0 saturated heterocycles. The number of hydrogen-bond acceptors (Lipinski definition) is 3. The van der Waals surface area contributed by atoms with E-state index in [0.29, 0.717) is 18.4 Å². The molecule has 0 spiro atoms. The van der Waals surface area contributed by atoms with Crippen molar-refractivity contribution in [3.63, 3.8) is 0 Å². The lowest BCUT2D eigenvalue weighted by molar-refractivity contribution is 0.235. The van der Waals surface area contributed by atoms with E-state index in [1.165, 1.54) is 12.8 Å². The topological polar surface area (TPSA) is 63.4 Å². The van der Waals surface area contributed by atoms with E-state index in [2.05, 4.69) is 18.7 Å². The van der Waals surface area contributed by atoms with Gasteiger partial charge in [-0.1, -0.05) is 13.8 Å². The number of sulfonamides is 1. The third-order valence-electron chi connectivity index (χ3n) is 2.54. The molecule has 90 valence electrons. The van der Waals surface area contributed by atoms with Crippen molar-refractivity contribution >= 4 is 10.0 Å². The van der Waals surface area contributed by atoms with Gasteiger partial charge in [-0.25, -0.2) is 13.6 Å². The normalized spacial score (nSPS) is 17.7. The predicted octanol–water partition coefficient (Wildman–Crippen LogP) is 0.785. The van der Waals surface area contributed by atoms with Gasteiger partial charge in [-0.2, -0.15) is 0 Å². The maximum absolute atomic E-state index is 10.8. The molecule has 0 aromatic carbocycles. The summed E-state index contributed by atoms with van der Waals surface area (Å²) in [6, 6.07) is 0.702. The van der Waals surface area contributed by atoms with E-state index in [1.54, 1.807) is 0 Å². The fourth-order valence-corrected chi connectivity index (χ4v) is 2.33. The number of nitrogens with two attached hydrogens (primary N) is 1. The highest BCUT2D eigenvalue weighted by Crippen LogP contribution is 2.27. The van der Waals surface area contributed by atoms with Gasteiger partial charge in [0.2, 0.25) is 10.0 Å². The van der Waals surface area contributed by atoms with Crippen molar-refractivity contribution < 1.29 is 8.42 Å². The summed E-state index contributed by atoms with van der Waals surface area (Å²) in [5.74, 6) is 0.744. The molecule has 1 saturated carbocycles. The second-order valence-electron chi connectivity index (χ2n) is 4.84. The lowest BCUT2D eigenvalue weighted by atomic mass is 10.2. The summed E-state index contributed by atoms with van der Waals surface area (Å²) in [4.78, 5) is 2.40. The molecule has 0 aromatic rings. The summed E-state index contributed by atoms with van der Waals surface area (Å²) in [6.07, 6.45) is 3.19. The van der Waals surface area contributed by atoms with Gasteiger partial charge in [-0.3, -0.25) is 0 Å². The SMILES string of the molecule is CC(C)CN(CCCS(N)(=O)=O)C1CC1. The van der Waals surface area contributed by atoms with E-state index in [1.807, 2.05) is 0 Å². The van der Waals surface area contributed by atoms with Gasteiger partial charge in [-0.15, -0.1) is 0 Å². The van der Waals surface area contributed by atoms with E-state index >= 15 is 0 Å². The molecule has 0 radical (unpaired) electrons. The van der Waals surface area contributed by atoms with Crippen molar-refractivity contribution in [2.45, 2.75) is 39.2 Å². The molecular weight excluding hydrogens is 212 g/mol. The molecule has 1 fully saturated rings. The Balaban J connectivity index is 2.26. The molecule has 0 amide bonds. The minimum absolute atomic E-state index is 0.105. The van der Waals surface area contributed by atoms with Crippen LogP contribution in [0.3, 0.4) is 0 Å². The second kappa shape index (κ2) is 5.27.